The van der Waals surface area contributed by atoms with E-state index in [-0.39, 0.29) is 0 Å². The van der Waals surface area contributed by atoms with Gasteiger partial charge in [0.2, 0.25) is 0 Å². The average molecular weight is 269 g/mol. The minimum Gasteiger partial charge on any atom is -0.378 e. The Morgan fingerprint density at radius 3 is 2.20 bits per heavy atom. The van der Waals surface area contributed by atoms with Crippen molar-refractivity contribution >= 4 is 11.6 Å². The fourth-order valence-electron chi connectivity index (χ4n) is 2.06. The lowest BCUT2D eigenvalue weighted by atomic mass is 10.1. The van der Waals surface area contributed by atoms with Gasteiger partial charge in [-0.1, -0.05) is 47.5 Å². The Balaban J connectivity index is 2.13. The van der Waals surface area contributed by atoms with Crippen molar-refractivity contribution in [3.8, 4) is 0 Å². The molecular formula is C17H19NO2. The maximum absolute atomic E-state index is 12.1. The standard InChI is InChI=1S/C17H19NO2/c1-11-4-7-14(8-5-11)16(19)17(20)18-15-9-6-12(2)10-13(15)3/h4-10,16,19H,1-3H3,(H,18,20). The predicted octanol–water partition coefficient (Wildman–Crippen LogP) is 3.28. The summed E-state index contributed by atoms with van der Waals surface area (Å²) in [6.07, 6.45) is -1.16. The summed E-state index contributed by atoms with van der Waals surface area (Å²) >= 11 is 0. The summed E-state index contributed by atoms with van der Waals surface area (Å²) in [5.41, 5.74) is 4.54. The lowest BCUT2D eigenvalue weighted by Gasteiger charge is -2.14. The molecular weight excluding hydrogens is 250 g/mol. The van der Waals surface area contributed by atoms with Crippen LogP contribution in [0.5, 0.6) is 0 Å². The third-order valence-corrected chi connectivity index (χ3v) is 3.28. The van der Waals surface area contributed by atoms with E-state index in [9.17, 15) is 9.90 Å². The van der Waals surface area contributed by atoms with Crippen LogP contribution in [0.1, 0.15) is 28.4 Å². The molecule has 1 unspecified atom stereocenters. The quantitative estimate of drug-likeness (QED) is 0.898. The molecule has 3 nitrogen and oxygen atoms in total. The van der Waals surface area contributed by atoms with E-state index in [2.05, 4.69) is 5.32 Å². The van der Waals surface area contributed by atoms with Gasteiger partial charge in [0, 0.05) is 5.69 Å². The highest BCUT2D eigenvalue weighted by molar-refractivity contribution is 5.95. The van der Waals surface area contributed by atoms with Gasteiger partial charge >= 0.3 is 0 Å². The first-order chi connectivity index (χ1) is 9.47. The van der Waals surface area contributed by atoms with Gasteiger partial charge in [-0.15, -0.1) is 0 Å². The lowest BCUT2D eigenvalue weighted by molar-refractivity contribution is -0.124. The van der Waals surface area contributed by atoms with Crippen molar-refractivity contribution in [1.29, 1.82) is 0 Å². The highest BCUT2D eigenvalue weighted by Gasteiger charge is 2.17. The zero-order valence-electron chi connectivity index (χ0n) is 12.0. The number of amides is 1. The number of benzene rings is 2. The maximum atomic E-state index is 12.1. The van der Waals surface area contributed by atoms with Crippen LogP contribution in [-0.2, 0) is 4.79 Å². The van der Waals surface area contributed by atoms with Crippen molar-refractivity contribution < 1.29 is 9.90 Å². The first kappa shape index (κ1) is 14.3. The van der Waals surface area contributed by atoms with Gasteiger partial charge in [0.05, 0.1) is 0 Å². The molecule has 0 radical (unpaired) electrons. The molecule has 0 spiro atoms. The third-order valence-electron chi connectivity index (χ3n) is 3.28. The summed E-state index contributed by atoms with van der Waals surface area (Å²) in [6.45, 7) is 5.90. The largest absolute Gasteiger partial charge is 0.378 e. The minimum absolute atomic E-state index is 0.416. The number of rotatable bonds is 3. The van der Waals surface area contributed by atoms with Gasteiger partial charge in [-0.3, -0.25) is 4.79 Å². The van der Waals surface area contributed by atoms with Crippen molar-refractivity contribution in [3.63, 3.8) is 0 Å². The number of hydrogen-bond donors (Lipinski definition) is 2. The molecule has 0 heterocycles. The molecule has 2 aromatic carbocycles. The van der Waals surface area contributed by atoms with E-state index in [1.54, 1.807) is 12.1 Å². The van der Waals surface area contributed by atoms with E-state index >= 15 is 0 Å². The molecule has 0 bridgehead atoms. The van der Waals surface area contributed by atoms with E-state index in [0.29, 0.717) is 5.56 Å². The fourth-order valence-corrected chi connectivity index (χ4v) is 2.06. The first-order valence-electron chi connectivity index (χ1n) is 6.60. The van der Waals surface area contributed by atoms with Gasteiger partial charge in [0.15, 0.2) is 6.10 Å². The van der Waals surface area contributed by atoms with Crippen LogP contribution in [-0.4, -0.2) is 11.0 Å². The summed E-state index contributed by atoms with van der Waals surface area (Å²) < 4.78 is 0. The highest BCUT2D eigenvalue weighted by Crippen LogP contribution is 2.20. The van der Waals surface area contributed by atoms with Crippen LogP contribution < -0.4 is 5.32 Å². The molecule has 3 heteroatoms. The zero-order chi connectivity index (χ0) is 14.7. The molecule has 0 aliphatic heterocycles. The SMILES string of the molecule is Cc1ccc(C(O)C(=O)Nc2ccc(C)cc2C)cc1. The molecule has 1 amide bonds. The van der Waals surface area contributed by atoms with E-state index in [0.717, 1.165) is 22.4 Å². The average Bonchev–Trinajstić information content (AvgIpc) is 2.42. The molecule has 0 aromatic heterocycles. The highest BCUT2D eigenvalue weighted by atomic mass is 16.3. The Morgan fingerprint density at radius 1 is 1.00 bits per heavy atom. The first-order valence-corrected chi connectivity index (χ1v) is 6.60. The Bertz CT molecular complexity index is 617. The van der Waals surface area contributed by atoms with Crippen molar-refractivity contribution in [1.82, 2.24) is 0 Å². The second-order valence-corrected chi connectivity index (χ2v) is 5.12. The van der Waals surface area contributed by atoms with Crippen LogP contribution in [0.15, 0.2) is 42.5 Å². The predicted molar refractivity (Wildman–Crippen MR) is 80.7 cm³/mol. The molecule has 1 atom stereocenters. The zero-order valence-corrected chi connectivity index (χ0v) is 12.0. The molecule has 2 aromatic rings. The van der Waals surface area contributed by atoms with Gasteiger partial charge in [0.25, 0.3) is 5.91 Å². The smallest absolute Gasteiger partial charge is 0.257 e. The minimum atomic E-state index is -1.16. The molecule has 2 rings (SSSR count). The fraction of sp³-hybridized carbons (Fsp3) is 0.235. The number of aryl methyl sites for hydroxylation is 3. The van der Waals surface area contributed by atoms with Gasteiger partial charge in [-0.2, -0.15) is 0 Å². The second-order valence-electron chi connectivity index (χ2n) is 5.12. The van der Waals surface area contributed by atoms with Crippen LogP contribution in [0.25, 0.3) is 0 Å². The second kappa shape index (κ2) is 5.88. The molecule has 0 saturated carbocycles. The van der Waals surface area contributed by atoms with Crippen LogP contribution in [0.4, 0.5) is 5.69 Å². The Kier molecular flexibility index (Phi) is 4.20. The van der Waals surface area contributed by atoms with Gasteiger partial charge in [0.1, 0.15) is 0 Å². The topological polar surface area (TPSA) is 49.3 Å². The molecule has 0 fully saturated rings. The molecule has 0 aliphatic carbocycles. The normalized spacial score (nSPS) is 12.0. The monoisotopic (exact) mass is 269 g/mol. The van der Waals surface area contributed by atoms with Gasteiger partial charge < -0.3 is 10.4 Å². The van der Waals surface area contributed by atoms with E-state index in [1.165, 1.54) is 0 Å². The molecule has 104 valence electrons. The maximum Gasteiger partial charge on any atom is 0.257 e. The summed E-state index contributed by atoms with van der Waals surface area (Å²) in [4.78, 5) is 12.1. The number of aliphatic hydroxyl groups excluding tert-OH is 1. The van der Waals surface area contributed by atoms with Crippen molar-refractivity contribution in [2.24, 2.45) is 0 Å². The van der Waals surface area contributed by atoms with Crippen LogP contribution in [0.3, 0.4) is 0 Å². The summed E-state index contributed by atoms with van der Waals surface area (Å²) in [6, 6.07) is 13.1. The summed E-state index contributed by atoms with van der Waals surface area (Å²) in [7, 11) is 0. The molecule has 0 saturated heterocycles. The third kappa shape index (κ3) is 3.25. The number of anilines is 1. The van der Waals surface area contributed by atoms with E-state index in [1.807, 2.05) is 51.1 Å². The number of nitrogens with one attached hydrogen (secondary N) is 1. The summed E-state index contributed by atoms with van der Waals surface area (Å²) in [5.74, 6) is -0.416. The van der Waals surface area contributed by atoms with Gasteiger partial charge in [-0.25, -0.2) is 0 Å². The molecule has 0 aliphatic rings. The van der Waals surface area contributed by atoms with Gasteiger partial charge in [-0.05, 0) is 38.0 Å². The number of carbonyl (C=O) groups is 1. The van der Waals surface area contributed by atoms with Crippen molar-refractivity contribution in [3.05, 3.63) is 64.7 Å². The van der Waals surface area contributed by atoms with Crippen LogP contribution in [0, 0.1) is 20.8 Å². The molecule has 20 heavy (non-hydrogen) atoms. The van der Waals surface area contributed by atoms with E-state index in [4.69, 9.17) is 0 Å². The number of carbonyl (C=O) groups excluding carboxylic acids is 1. The van der Waals surface area contributed by atoms with Crippen LogP contribution >= 0.6 is 0 Å². The Morgan fingerprint density at radius 2 is 1.60 bits per heavy atom. The summed E-state index contributed by atoms with van der Waals surface area (Å²) in [5, 5.41) is 12.8. The van der Waals surface area contributed by atoms with E-state index < -0.39 is 12.0 Å². The van der Waals surface area contributed by atoms with Crippen LogP contribution in [0.2, 0.25) is 0 Å². The van der Waals surface area contributed by atoms with Crippen molar-refractivity contribution in [2.75, 3.05) is 5.32 Å². The number of hydrogen-bond acceptors (Lipinski definition) is 2. The lowest BCUT2D eigenvalue weighted by Crippen LogP contribution is -2.21. The Hall–Kier alpha value is -2.13. The Labute approximate surface area is 119 Å². The molecule has 2 N–H and O–H groups in total. The van der Waals surface area contributed by atoms with Crippen molar-refractivity contribution in [2.45, 2.75) is 26.9 Å². The number of aliphatic hydroxyl groups is 1.